The first-order chi connectivity index (χ1) is 15.7. The summed E-state index contributed by atoms with van der Waals surface area (Å²) in [6.45, 7) is 3.99. The summed E-state index contributed by atoms with van der Waals surface area (Å²) in [5.74, 6) is 1.33. The first-order valence-corrected chi connectivity index (χ1v) is 11.5. The van der Waals surface area contributed by atoms with Gasteiger partial charge in [0.05, 0.1) is 12.6 Å². The van der Waals surface area contributed by atoms with E-state index in [0.29, 0.717) is 17.9 Å². The molecule has 1 aromatic carbocycles. The molecule has 4 aromatic rings. The summed E-state index contributed by atoms with van der Waals surface area (Å²) in [6, 6.07) is 18.3. The van der Waals surface area contributed by atoms with Gasteiger partial charge in [-0.1, -0.05) is 30.3 Å². The number of ether oxygens (including phenoxy) is 1. The number of piperidine rings is 1. The molecule has 0 amide bonds. The largest absolute Gasteiger partial charge is 0.481 e. The van der Waals surface area contributed by atoms with Crippen molar-refractivity contribution in [1.82, 2.24) is 18.9 Å². The molecule has 1 aliphatic rings. The molecular formula is C26H30N4O2. The summed E-state index contributed by atoms with van der Waals surface area (Å²) in [7, 11) is 1.61. The van der Waals surface area contributed by atoms with Crippen LogP contribution in [0.5, 0.6) is 5.88 Å². The van der Waals surface area contributed by atoms with E-state index in [0.717, 1.165) is 43.1 Å². The van der Waals surface area contributed by atoms with E-state index in [-0.39, 0.29) is 5.56 Å². The molecule has 1 fully saturated rings. The van der Waals surface area contributed by atoms with E-state index in [4.69, 9.17) is 4.74 Å². The molecule has 6 nitrogen and oxygen atoms in total. The van der Waals surface area contributed by atoms with Crippen LogP contribution in [0.25, 0.3) is 16.7 Å². The SMILES string of the molecule is COc1ccc2c(n1)n1cccc1c(=O)n2CCCN1CCC(Cc2ccccc2)CC1. The molecule has 0 aliphatic carbocycles. The molecule has 3 aromatic heterocycles. The summed E-state index contributed by atoms with van der Waals surface area (Å²) in [6.07, 6.45) is 6.51. The highest BCUT2D eigenvalue weighted by Gasteiger charge is 2.19. The van der Waals surface area contributed by atoms with E-state index in [9.17, 15) is 4.79 Å². The summed E-state index contributed by atoms with van der Waals surface area (Å²) in [5.41, 5.74) is 3.74. The van der Waals surface area contributed by atoms with Crippen LogP contribution in [0, 0.1) is 5.92 Å². The van der Waals surface area contributed by atoms with Crippen LogP contribution in [0.1, 0.15) is 24.8 Å². The zero-order chi connectivity index (χ0) is 21.9. The fourth-order valence-electron chi connectivity index (χ4n) is 4.95. The molecule has 0 N–H and O–H groups in total. The van der Waals surface area contributed by atoms with Crippen molar-refractivity contribution in [3.63, 3.8) is 0 Å². The predicted molar refractivity (Wildman–Crippen MR) is 127 cm³/mol. The van der Waals surface area contributed by atoms with Crippen molar-refractivity contribution in [3.8, 4) is 5.88 Å². The van der Waals surface area contributed by atoms with Gasteiger partial charge in [-0.2, -0.15) is 4.98 Å². The topological polar surface area (TPSA) is 51.8 Å². The zero-order valence-corrected chi connectivity index (χ0v) is 18.6. The summed E-state index contributed by atoms with van der Waals surface area (Å²) in [5, 5.41) is 0. The highest BCUT2D eigenvalue weighted by atomic mass is 16.5. The van der Waals surface area contributed by atoms with Crippen LogP contribution in [-0.2, 0) is 13.0 Å². The Hall–Kier alpha value is -3.12. The van der Waals surface area contributed by atoms with Gasteiger partial charge in [-0.15, -0.1) is 0 Å². The van der Waals surface area contributed by atoms with Gasteiger partial charge < -0.3 is 14.2 Å². The van der Waals surface area contributed by atoms with E-state index in [2.05, 4.69) is 40.2 Å². The molecule has 0 radical (unpaired) electrons. The number of pyridine rings is 1. The monoisotopic (exact) mass is 430 g/mol. The lowest BCUT2D eigenvalue weighted by molar-refractivity contribution is 0.180. The van der Waals surface area contributed by atoms with Crippen LogP contribution in [0.15, 0.2) is 65.6 Å². The van der Waals surface area contributed by atoms with Gasteiger partial charge in [0.2, 0.25) is 5.88 Å². The lowest BCUT2D eigenvalue weighted by Crippen LogP contribution is -2.35. The van der Waals surface area contributed by atoms with Crippen molar-refractivity contribution in [1.29, 1.82) is 0 Å². The Bertz CT molecular complexity index is 1250. The van der Waals surface area contributed by atoms with Crippen LogP contribution < -0.4 is 10.3 Å². The molecule has 32 heavy (non-hydrogen) atoms. The van der Waals surface area contributed by atoms with E-state index in [1.54, 1.807) is 7.11 Å². The highest BCUT2D eigenvalue weighted by Crippen LogP contribution is 2.22. The number of benzene rings is 1. The number of hydrogen-bond acceptors (Lipinski definition) is 4. The lowest BCUT2D eigenvalue weighted by atomic mass is 9.90. The minimum absolute atomic E-state index is 0.0380. The summed E-state index contributed by atoms with van der Waals surface area (Å²) >= 11 is 0. The number of likely N-dealkylation sites (tertiary alicyclic amines) is 1. The van der Waals surface area contributed by atoms with Gasteiger partial charge in [0.25, 0.3) is 5.56 Å². The van der Waals surface area contributed by atoms with Gasteiger partial charge in [-0.05, 0) is 75.0 Å². The van der Waals surface area contributed by atoms with Gasteiger partial charge in [0.15, 0.2) is 5.65 Å². The Kier molecular flexibility index (Phi) is 5.95. The number of methoxy groups -OCH3 is 1. The number of hydrogen-bond donors (Lipinski definition) is 0. The minimum atomic E-state index is 0.0380. The fraction of sp³-hybridized carbons (Fsp3) is 0.385. The van der Waals surface area contributed by atoms with Gasteiger partial charge in [-0.25, -0.2) is 0 Å². The van der Waals surface area contributed by atoms with Gasteiger partial charge >= 0.3 is 0 Å². The van der Waals surface area contributed by atoms with Crippen molar-refractivity contribution >= 4 is 16.7 Å². The average Bonchev–Trinajstić information content (AvgIpc) is 3.33. The van der Waals surface area contributed by atoms with Crippen LogP contribution >= 0.6 is 0 Å². The van der Waals surface area contributed by atoms with Crippen LogP contribution in [0.2, 0.25) is 0 Å². The molecule has 5 rings (SSSR count). The van der Waals surface area contributed by atoms with Crippen molar-refractivity contribution in [2.75, 3.05) is 26.7 Å². The van der Waals surface area contributed by atoms with Gasteiger partial charge in [-0.3, -0.25) is 9.20 Å². The second kappa shape index (κ2) is 9.17. The maximum atomic E-state index is 13.1. The van der Waals surface area contributed by atoms with Crippen molar-refractivity contribution in [3.05, 3.63) is 76.7 Å². The van der Waals surface area contributed by atoms with Crippen molar-refractivity contribution in [2.24, 2.45) is 5.92 Å². The zero-order valence-electron chi connectivity index (χ0n) is 18.6. The molecule has 4 heterocycles. The molecule has 1 aliphatic heterocycles. The minimum Gasteiger partial charge on any atom is -0.481 e. The molecule has 0 atom stereocenters. The Labute approximate surface area is 188 Å². The maximum Gasteiger partial charge on any atom is 0.275 e. The van der Waals surface area contributed by atoms with E-state index >= 15 is 0 Å². The number of rotatable bonds is 7. The standard InChI is InChI=1S/C26H30N4O2/c1-32-24-11-10-22-25(27-24)29-15-5-9-23(29)26(31)30(22)16-6-14-28-17-12-21(13-18-28)19-20-7-3-2-4-8-20/h2-5,7-11,15,21H,6,12-14,16-19H2,1H3. The lowest BCUT2D eigenvalue weighted by Gasteiger charge is -2.32. The van der Waals surface area contributed by atoms with Crippen LogP contribution in [-0.4, -0.2) is 45.6 Å². The predicted octanol–water partition coefficient (Wildman–Crippen LogP) is 4.00. The molecule has 0 saturated carbocycles. The molecule has 6 heteroatoms. The Morgan fingerprint density at radius 1 is 0.969 bits per heavy atom. The first-order valence-electron chi connectivity index (χ1n) is 11.5. The third-order valence-corrected chi connectivity index (χ3v) is 6.70. The fourth-order valence-corrected chi connectivity index (χ4v) is 4.95. The average molecular weight is 431 g/mol. The van der Waals surface area contributed by atoms with Gasteiger partial charge in [0, 0.05) is 18.8 Å². The number of aryl methyl sites for hydroxylation is 1. The first kappa shape index (κ1) is 20.8. The summed E-state index contributed by atoms with van der Waals surface area (Å²) in [4.78, 5) is 20.3. The normalized spacial score (nSPS) is 15.5. The molecule has 1 saturated heterocycles. The molecule has 0 spiro atoms. The third-order valence-electron chi connectivity index (χ3n) is 6.70. The maximum absolute atomic E-state index is 13.1. The number of fused-ring (bicyclic) bond motifs is 3. The van der Waals surface area contributed by atoms with E-state index < -0.39 is 0 Å². The molecule has 166 valence electrons. The quantitative estimate of drug-likeness (QED) is 0.445. The van der Waals surface area contributed by atoms with Gasteiger partial charge in [0.1, 0.15) is 5.52 Å². The van der Waals surface area contributed by atoms with Crippen molar-refractivity contribution in [2.45, 2.75) is 32.2 Å². The van der Waals surface area contributed by atoms with E-state index in [1.165, 1.54) is 24.8 Å². The second-order valence-corrected chi connectivity index (χ2v) is 8.74. The third kappa shape index (κ3) is 4.15. The number of aromatic nitrogens is 3. The number of nitrogens with zero attached hydrogens (tertiary/aromatic N) is 4. The van der Waals surface area contributed by atoms with Crippen LogP contribution in [0.3, 0.4) is 0 Å². The Morgan fingerprint density at radius 3 is 2.56 bits per heavy atom. The van der Waals surface area contributed by atoms with Crippen LogP contribution in [0.4, 0.5) is 0 Å². The Balaban J connectivity index is 1.24. The molecular weight excluding hydrogens is 400 g/mol. The smallest absolute Gasteiger partial charge is 0.275 e. The highest BCUT2D eigenvalue weighted by molar-refractivity contribution is 5.75. The van der Waals surface area contributed by atoms with Crippen molar-refractivity contribution < 1.29 is 4.74 Å². The molecule has 0 unspecified atom stereocenters. The Morgan fingerprint density at radius 2 is 1.78 bits per heavy atom. The molecule has 0 bridgehead atoms. The van der Waals surface area contributed by atoms with E-state index in [1.807, 2.05) is 39.4 Å². The summed E-state index contributed by atoms with van der Waals surface area (Å²) < 4.78 is 9.04. The second-order valence-electron chi connectivity index (χ2n) is 8.74.